The van der Waals surface area contributed by atoms with E-state index in [4.69, 9.17) is 9.47 Å². The topological polar surface area (TPSA) is 43.4 Å². The average molecular weight is 242 g/mol. The van der Waals surface area contributed by atoms with Crippen molar-refractivity contribution in [3.8, 4) is 0 Å². The van der Waals surface area contributed by atoms with Crippen molar-refractivity contribution in [1.82, 2.24) is 4.98 Å². The van der Waals surface area contributed by atoms with Crippen molar-refractivity contribution in [3.63, 3.8) is 0 Å². The Kier molecular flexibility index (Phi) is 7.25. The van der Waals surface area contributed by atoms with E-state index in [-0.39, 0.29) is 0 Å². The number of ether oxygens (including phenoxy) is 2. The van der Waals surface area contributed by atoms with Crippen LogP contribution in [0.15, 0.2) is 18.3 Å². The van der Waals surface area contributed by atoms with E-state index in [1.54, 1.807) is 13.2 Å². The van der Waals surface area contributed by atoms with Crippen molar-refractivity contribution >= 4 is 5.69 Å². The summed E-state index contributed by atoms with van der Waals surface area (Å²) in [6, 6.07) is 3.13. The van der Waals surface area contributed by atoms with Gasteiger partial charge in [0.25, 0.3) is 0 Å². The molecular weight excluding hydrogens is 223 g/mol. The van der Waals surface area contributed by atoms with Gasteiger partial charge in [-0.2, -0.15) is 4.39 Å². The molecule has 1 rings (SSSR count). The molecule has 0 atom stereocenters. The van der Waals surface area contributed by atoms with Crippen LogP contribution >= 0.6 is 0 Å². The Morgan fingerprint density at radius 3 is 2.94 bits per heavy atom. The summed E-state index contributed by atoms with van der Waals surface area (Å²) in [4.78, 5) is 3.49. The molecule has 1 heterocycles. The van der Waals surface area contributed by atoms with Crippen LogP contribution in [0, 0.1) is 5.95 Å². The quantitative estimate of drug-likeness (QED) is 0.532. The van der Waals surface area contributed by atoms with Crippen molar-refractivity contribution < 1.29 is 13.9 Å². The third-order valence-electron chi connectivity index (χ3n) is 2.20. The Hall–Kier alpha value is -1.20. The maximum atomic E-state index is 12.7. The van der Waals surface area contributed by atoms with Crippen molar-refractivity contribution in [2.45, 2.75) is 12.8 Å². The van der Waals surface area contributed by atoms with E-state index in [1.807, 2.05) is 0 Å². The summed E-state index contributed by atoms with van der Waals surface area (Å²) in [5.41, 5.74) is 0.762. The van der Waals surface area contributed by atoms with Gasteiger partial charge in [0.15, 0.2) is 0 Å². The number of methoxy groups -OCH3 is 1. The van der Waals surface area contributed by atoms with Gasteiger partial charge in [0.1, 0.15) is 0 Å². The Bertz CT molecular complexity index is 310. The number of pyridine rings is 1. The standard InChI is InChI=1S/C12H19FN2O2/c1-16-8-9-17-7-3-2-5-14-11-4-6-15-12(13)10-11/h4,6,10H,2-3,5,7-9H2,1H3,(H,14,15). The number of nitrogens with zero attached hydrogens (tertiary/aromatic N) is 1. The Morgan fingerprint density at radius 2 is 2.18 bits per heavy atom. The fraction of sp³-hybridized carbons (Fsp3) is 0.583. The van der Waals surface area contributed by atoms with E-state index in [2.05, 4.69) is 10.3 Å². The van der Waals surface area contributed by atoms with Gasteiger partial charge in [-0.15, -0.1) is 0 Å². The first kappa shape index (κ1) is 13.9. The molecule has 0 saturated heterocycles. The molecule has 1 aromatic rings. The molecule has 0 saturated carbocycles. The SMILES string of the molecule is COCCOCCCCNc1ccnc(F)c1. The highest BCUT2D eigenvalue weighted by Gasteiger charge is 1.95. The molecule has 5 heteroatoms. The highest BCUT2D eigenvalue weighted by atomic mass is 19.1. The minimum Gasteiger partial charge on any atom is -0.385 e. The summed E-state index contributed by atoms with van der Waals surface area (Å²) in [7, 11) is 1.65. The molecule has 0 aromatic carbocycles. The summed E-state index contributed by atoms with van der Waals surface area (Å²) in [5, 5.41) is 3.13. The first-order valence-corrected chi connectivity index (χ1v) is 5.75. The summed E-state index contributed by atoms with van der Waals surface area (Å²) < 4.78 is 22.9. The Morgan fingerprint density at radius 1 is 1.29 bits per heavy atom. The highest BCUT2D eigenvalue weighted by Crippen LogP contribution is 2.06. The molecule has 4 nitrogen and oxygen atoms in total. The zero-order valence-corrected chi connectivity index (χ0v) is 10.1. The molecule has 0 unspecified atom stereocenters. The Balaban J connectivity index is 1.97. The normalized spacial score (nSPS) is 10.5. The van der Waals surface area contributed by atoms with Gasteiger partial charge in [-0.25, -0.2) is 4.98 Å². The molecule has 0 aliphatic rings. The molecule has 0 spiro atoms. The number of hydrogen-bond donors (Lipinski definition) is 1. The van der Waals surface area contributed by atoms with E-state index in [0.29, 0.717) is 13.2 Å². The van der Waals surface area contributed by atoms with Crippen LogP contribution < -0.4 is 5.32 Å². The van der Waals surface area contributed by atoms with E-state index >= 15 is 0 Å². The predicted molar refractivity (Wildman–Crippen MR) is 64.6 cm³/mol. The summed E-state index contributed by atoms with van der Waals surface area (Å²) in [6.07, 6.45) is 3.41. The Labute approximate surface area is 101 Å². The minimum atomic E-state index is -0.460. The van der Waals surface area contributed by atoms with Crippen LogP contribution in [0.5, 0.6) is 0 Å². The molecule has 0 amide bonds. The van der Waals surface area contributed by atoms with Gasteiger partial charge >= 0.3 is 0 Å². The first-order valence-electron chi connectivity index (χ1n) is 5.75. The van der Waals surface area contributed by atoms with Gasteiger partial charge in [-0.05, 0) is 18.9 Å². The van der Waals surface area contributed by atoms with Crippen molar-refractivity contribution in [1.29, 1.82) is 0 Å². The van der Waals surface area contributed by atoms with Crippen molar-refractivity contribution in [2.75, 3.05) is 38.8 Å². The average Bonchev–Trinajstić information content (AvgIpc) is 2.33. The smallest absolute Gasteiger partial charge is 0.214 e. The van der Waals surface area contributed by atoms with Crippen molar-refractivity contribution in [3.05, 3.63) is 24.3 Å². The van der Waals surface area contributed by atoms with Gasteiger partial charge in [0.05, 0.1) is 13.2 Å². The largest absolute Gasteiger partial charge is 0.385 e. The van der Waals surface area contributed by atoms with E-state index < -0.39 is 5.95 Å². The number of rotatable bonds is 9. The predicted octanol–water partition coefficient (Wildman–Crippen LogP) is 2.08. The lowest BCUT2D eigenvalue weighted by Gasteiger charge is -2.06. The molecular formula is C12H19FN2O2. The lowest BCUT2D eigenvalue weighted by Crippen LogP contribution is -2.06. The highest BCUT2D eigenvalue weighted by molar-refractivity contribution is 5.40. The van der Waals surface area contributed by atoms with Gasteiger partial charge in [-0.3, -0.25) is 0 Å². The summed E-state index contributed by atoms with van der Waals surface area (Å²) in [5.74, 6) is -0.460. The number of unbranched alkanes of at least 4 members (excludes halogenated alkanes) is 1. The molecule has 0 bridgehead atoms. The summed E-state index contributed by atoms with van der Waals surface area (Å²) >= 11 is 0. The molecule has 96 valence electrons. The second kappa shape index (κ2) is 8.90. The fourth-order valence-corrected chi connectivity index (χ4v) is 1.32. The van der Waals surface area contributed by atoms with E-state index in [9.17, 15) is 4.39 Å². The number of nitrogens with one attached hydrogen (secondary N) is 1. The van der Waals surface area contributed by atoms with Gasteiger partial charge in [-0.1, -0.05) is 0 Å². The second-order valence-corrected chi connectivity index (χ2v) is 3.61. The van der Waals surface area contributed by atoms with E-state index in [0.717, 1.165) is 31.7 Å². The van der Waals surface area contributed by atoms with Gasteiger partial charge < -0.3 is 14.8 Å². The fourth-order valence-electron chi connectivity index (χ4n) is 1.32. The zero-order valence-electron chi connectivity index (χ0n) is 10.1. The van der Waals surface area contributed by atoms with Crippen LogP contribution in [0.4, 0.5) is 10.1 Å². The summed E-state index contributed by atoms with van der Waals surface area (Å²) in [6.45, 7) is 2.81. The zero-order chi connectivity index (χ0) is 12.3. The maximum Gasteiger partial charge on any atom is 0.214 e. The minimum absolute atomic E-state index is 0.460. The lowest BCUT2D eigenvalue weighted by molar-refractivity contribution is 0.0691. The van der Waals surface area contributed by atoms with Crippen LogP contribution in [0.3, 0.4) is 0 Å². The second-order valence-electron chi connectivity index (χ2n) is 3.61. The third-order valence-corrected chi connectivity index (χ3v) is 2.20. The molecule has 1 N–H and O–H groups in total. The number of anilines is 1. The van der Waals surface area contributed by atoms with Gasteiger partial charge in [0, 0.05) is 38.2 Å². The molecule has 0 fully saturated rings. The van der Waals surface area contributed by atoms with Crippen LogP contribution in [0.25, 0.3) is 0 Å². The number of aromatic nitrogens is 1. The molecule has 17 heavy (non-hydrogen) atoms. The number of halogens is 1. The molecule has 0 aliphatic heterocycles. The van der Waals surface area contributed by atoms with Crippen LogP contribution in [-0.2, 0) is 9.47 Å². The third kappa shape index (κ3) is 6.86. The van der Waals surface area contributed by atoms with Crippen molar-refractivity contribution in [2.24, 2.45) is 0 Å². The molecule has 0 radical (unpaired) electrons. The molecule has 1 aromatic heterocycles. The monoisotopic (exact) mass is 242 g/mol. The first-order chi connectivity index (χ1) is 8.33. The van der Waals surface area contributed by atoms with Gasteiger partial charge in [0.2, 0.25) is 5.95 Å². The number of hydrogen-bond acceptors (Lipinski definition) is 4. The van der Waals surface area contributed by atoms with E-state index in [1.165, 1.54) is 12.3 Å². The van der Waals surface area contributed by atoms with Crippen LogP contribution in [0.2, 0.25) is 0 Å². The van der Waals surface area contributed by atoms with Crippen LogP contribution in [-0.4, -0.2) is 38.5 Å². The van der Waals surface area contributed by atoms with Crippen LogP contribution in [0.1, 0.15) is 12.8 Å². The lowest BCUT2D eigenvalue weighted by atomic mass is 10.3. The maximum absolute atomic E-state index is 12.7. The molecule has 0 aliphatic carbocycles.